The first-order valence-corrected chi connectivity index (χ1v) is 6.49. The normalized spacial score (nSPS) is 13.1. The quantitative estimate of drug-likeness (QED) is 0.766. The van der Waals surface area contributed by atoms with E-state index in [9.17, 15) is 5.11 Å². The highest BCUT2D eigenvalue weighted by molar-refractivity contribution is 7.99. The lowest BCUT2D eigenvalue weighted by Crippen LogP contribution is -1.91. The highest BCUT2D eigenvalue weighted by atomic mass is 32.2. The maximum atomic E-state index is 9.36. The number of aliphatic hydroxyl groups excluding tert-OH is 1. The molecule has 0 aliphatic rings. The van der Waals surface area contributed by atoms with Crippen molar-refractivity contribution < 1.29 is 5.11 Å². The van der Waals surface area contributed by atoms with Crippen LogP contribution in [0.25, 0.3) is 0 Å². The Morgan fingerprint density at radius 1 is 1.13 bits per heavy atom. The smallest absolute Gasteiger partial charge is 0.0761 e. The van der Waals surface area contributed by atoms with Gasteiger partial charge in [-0.3, -0.25) is 0 Å². The summed E-state index contributed by atoms with van der Waals surface area (Å²) < 4.78 is 0. The SMILES string of the molecule is CC(C)CCSc1ccc([C@H](C)O)cc1. The summed E-state index contributed by atoms with van der Waals surface area (Å²) in [5, 5.41) is 9.36. The predicted molar refractivity (Wildman–Crippen MR) is 67.3 cm³/mol. The molecule has 1 nitrogen and oxygen atoms in total. The molecular weight excluding hydrogens is 204 g/mol. The van der Waals surface area contributed by atoms with Crippen LogP contribution >= 0.6 is 11.8 Å². The third-order valence-electron chi connectivity index (χ3n) is 2.33. The highest BCUT2D eigenvalue weighted by Crippen LogP contribution is 2.22. The molecule has 0 aliphatic carbocycles. The van der Waals surface area contributed by atoms with Crippen molar-refractivity contribution in [2.24, 2.45) is 5.92 Å². The van der Waals surface area contributed by atoms with Gasteiger partial charge in [-0.1, -0.05) is 26.0 Å². The molecule has 0 aromatic heterocycles. The molecule has 0 fully saturated rings. The predicted octanol–water partition coefficient (Wildman–Crippen LogP) is 3.88. The molecule has 0 saturated carbocycles. The van der Waals surface area contributed by atoms with E-state index in [-0.39, 0.29) is 6.10 Å². The molecule has 0 bridgehead atoms. The van der Waals surface area contributed by atoms with Crippen LogP contribution in [0.2, 0.25) is 0 Å². The van der Waals surface area contributed by atoms with Crippen molar-refractivity contribution in [3.8, 4) is 0 Å². The summed E-state index contributed by atoms with van der Waals surface area (Å²) >= 11 is 1.89. The second kappa shape index (κ2) is 6.19. The van der Waals surface area contributed by atoms with Gasteiger partial charge in [-0.05, 0) is 42.7 Å². The maximum Gasteiger partial charge on any atom is 0.0761 e. The van der Waals surface area contributed by atoms with Crippen molar-refractivity contribution in [3.05, 3.63) is 29.8 Å². The summed E-state index contributed by atoms with van der Waals surface area (Å²) in [6.07, 6.45) is 0.891. The molecule has 0 amide bonds. The zero-order valence-corrected chi connectivity index (χ0v) is 10.6. The second-order valence-electron chi connectivity index (χ2n) is 4.28. The molecule has 1 aromatic rings. The first-order chi connectivity index (χ1) is 7.09. The first-order valence-electron chi connectivity index (χ1n) is 5.50. The van der Waals surface area contributed by atoms with E-state index in [1.54, 1.807) is 6.92 Å². The van der Waals surface area contributed by atoms with E-state index in [2.05, 4.69) is 26.0 Å². The molecule has 84 valence electrons. The molecule has 1 rings (SSSR count). The summed E-state index contributed by atoms with van der Waals surface area (Å²) in [7, 11) is 0. The fourth-order valence-electron chi connectivity index (χ4n) is 1.26. The molecule has 0 spiro atoms. The molecule has 0 radical (unpaired) electrons. The number of thioether (sulfide) groups is 1. The van der Waals surface area contributed by atoms with E-state index in [1.807, 2.05) is 23.9 Å². The van der Waals surface area contributed by atoms with Gasteiger partial charge in [-0.2, -0.15) is 0 Å². The minimum atomic E-state index is -0.361. The monoisotopic (exact) mass is 224 g/mol. The van der Waals surface area contributed by atoms with E-state index >= 15 is 0 Å². The molecule has 0 aliphatic heterocycles. The van der Waals surface area contributed by atoms with Gasteiger partial charge in [0, 0.05) is 4.90 Å². The van der Waals surface area contributed by atoms with Crippen LogP contribution in [-0.4, -0.2) is 10.9 Å². The maximum absolute atomic E-state index is 9.36. The summed E-state index contributed by atoms with van der Waals surface area (Å²) in [5.41, 5.74) is 0.989. The zero-order chi connectivity index (χ0) is 11.3. The number of benzene rings is 1. The number of rotatable bonds is 5. The molecule has 1 N–H and O–H groups in total. The Bertz CT molecular complexity index is 277. The average Bonchev–Trinajstić information content (AvgIpc) is 2.18. The largest absolute Gasteiger partial charge is 0.389 e. The topological polar surface area (TPSA) is 20.2 Å². The van der Waals surface area contributed by atoms with Gasteiger partial charge in [0.1, 0.15) is 0 Å². The Morgan fingerprint density at radius 2 is 1.73 bits per heavy atom. The molecule has 0 unspecified atom stereocenters. The Labute approximate surface area is 96.9 Å². The van der Waals surface area contributed by atoms with E-state index < -0.39 is 0 Å². The van der Waals surface area contributed by atoms with Crippen LogP contribution in [0.1, 0.15) is 38.9 Å². The van der Waals surface area contributed by atoms with Gasteiger partial charge in [0.25, 0.3) is 0 Å². The fraction of sp³-hybridized carbons (Fsp3) is 0.538. The summed E-state index contributed by atoms with van der Waals surface area (Å²) in [5.74, 6) is 1.94. The molecular formula is C13H20OS. The fourth-order valence-corrected chi connectivity index (χ4v) is 2.41. The minimum Gasteiger partial charge on any atom is -0.389 e. The van der Waals surface area contributed by atoms with Crippen LogP contribution in [0.3, 0.4) is 0 Å². The third-order valence-corrected chi connectivity index (χ3v) is 3.37. The summed E-state index contributed by atoms with van der Waals surface area (Å²) in [4.78, 5) is 1.29. The van der Waals surface area contributed by atoms with Crippen molar-refractivity contribution in [2.45, 2.75) is 38.2 Å². The summed E-state index contributed by atoms with van der Waals surface area (Å²) in [6.45, 7) is 6.29. The average molecular weight is 224 g/mol. The molecule has 1 atom stereocenters. The van der Waals surface area contributed by atoms with Gasteiger partial charge >= 0.3 is 0 Å². The molecule has 1 aromatic carbocycles. The van der Waals surface area contributed by atoms with Crippen LogP contribution in [-0.2, 0) is 0 Å². The van der Waals surface area contributed by atoms with Crippen LogP contribution < -0.4 is 0 Å². The number of hydrogen-bond donors (Lipinski definition) is 1. The summed E-state index contributed by atoms with van der Waals surface area (Å²) in [6, 6.07) is 8.19. The lowest BCUT2D eigenvalue weighted by molar-refractivity contribution is 0.199. The number of hydrogen-bond acceptors (Lipinski definition) is 2. The lowest BCUT2D eigenvalue weighted by atomic mass is 10.1. The van der Waals surface area contributed by atoms with E-state index in [1.165, 1.54) is 17.1 Å². The Kier molecular flexibility index (Phi) is 5.20. The minimum absolute atomic E-state index is 0.361. The zero-order valence-electron chi connectivity index (χ0n) is 9.73. The van der Waals surface area contributed by atoms with E-state index in [4.69, 9.17) is 0 Å². The van der Waals surface area contributed by atoms with Gasteiger partial charge in [-0.25, -0.2) is 0 Å². The van der Waals surface area contributed by atoms with Crippen molar-refractivity contribution in [1.29, 1.82) is 0 Å². The molecule has 0 saturated heterocycles. The van der Waals surface area contributed by atoms with Crippen molar-refractivity contribution >= 4 is 11.8 Å². The van der Waals surface area contributed by atoms with Crippen LogP contribution in [0.4, 0.5) is 0 Å². The van der Waals surface area contributed by atoms with Crippen molar-refractivity contribution in [1.82, 2.24) is 0 Å². The van der Waals surface area contributed by atoms with Gasteiger partial charge in [-0.15, -0.1) is 11.8 Å². The Balaban J connectivity index is 2.43. The standard InChI is InChI=1S/C13H20OS/c1-10(2)8-9-15-13-6-4-12(5-7-13)11(3)14/h4-7,10-11,14H,8-9H2,1-3H3/t11-/m0/s1. The third kappa shape index (κ3) is 4.72. The number of aliphatic hydroxyl groups is 1. The Morgan fingerprint density at radius 3 is 2.20 bits per heavy atom. The van der Waals surface area contributed by atoms with Crippen LogP contribution in [0.15, 0.2) is 29.2 Å². The van der Waals surface area contributed by atoms with Crippen LogP contribution in [0, 0.1) is 5.92 Å². The van der Waals surface area contributed by atoms with Gasteiger partial charge in [0.05, 0.1) is 6.10 Å². The van der Waals surface area contributed by atoms with Crippen molar-refractivity contribution in [2.75, 3.05) is 5.75 Å². The van der Waals surface area contributed by atoms with E-state index in [0.717, 1.165) is 11.5 Å². The van der Waals surface area contributed by atoms with Crippen molar-refractivity contribution in [3.63, 3.8) is 0 Å². The first kappa shape index (κ1) is 12.6. The lowest BCUT2D eigenvalue weighted by Gasteiger charge is -2.07. The van der Waals surface area contributed by atoms with Gasteiger partial charge < -0.3 is 5.11 Å². The van der Waals surface area contributed by atoms with Crippen LogP contribution in [0.5, 0.6) is 0 Å². The molecule has 2 heteroatoms. The van der Waals surface area contributed by atoms with E-state index in [0.29, 0.717) is 0 Å². The molecule has 15 heavy (non-hydrogen) atoms. The highest BCUT2D eigenvalue weighted by Gasteiger charge is 2.01. The molecule has 0 heterocycles. The Hall–Kier alpha value is -0.470. The second-order valence-corrected chi connectivity index (χ2v) is 5.44. The van der Waals surface area contributed by atoms with Gasteiger partial charge in [0.2, 0.25) is 0 Å². The van der Waals surface area contributed by atoms with Gasteiger partial charge in [0.15, 0.2) is 0 Å².